The highest BCUT2D eigenvalue weighted by Gasteiger charge is 2.20. The molecule has 0 aliphatic carbocycles. The van der Waals surface area contributed by atoms with Crippen LogP contribution in [0.4, 0.5) is 4.79 Å². The molecule has 4 nitrogen and oxygen atoms in total. The van der Waals surface area contributed by atoms with Crippen molar-refractivity contribution in [3.05, 3.63) is 0 Å². The SMILES string of the molecule is CC(=O)[C@@H](SSOC(=O)O)C(C)C. The molecular weight excluding hydrogens is 212 g/mol. The molecule has 0 heterocycles. The Morgan fingerprint density at radius 1 is 1.38 bits per heavy atom. The molecule has 0 saturated carbocycles. The molecule has 0 aromatic rings. The Morgan fingerprint density at radius 3 is 2.23 bits per heavy atom. The van der Waals surface area contributed by atoms with Crippen LogP contribution in [-0.4, -0.2) is 22.3 Å². The molecule has 0 unspecified atom stereocenters. The highest BCUT2D eigenvalue weighted by Crippen LogP contribution is 2.32. The van der Waals surface area contributed by atoms with Gasteiger partial charge in [0.15, 0.2) is 0 Å². The Bertz CT molecular complexity index is 193. The van der Waals surface area contributed by atoms with E-state index in [0.717, 1.165) is 21.9 Å². The van der Waals surface area contributed by atoms with Crippen molar-refractivity contribution in [3.63, 3.8) is 0 Å². The van der Waals surface area contributed by atoms with Crippen LogP contribution in [0.2, 0.25) is 0 Å². The summed E-state index contributed by atoms with van der Waals surface area (Å²) in [6.45, 7) is 5.29. The zero-order chi connectivity index (χ0) is 10.4. The maximum absolute atomic E-state index is 11.0. The average molecular weight is 224 g/mol. The second-order valence-electron chi connectivity index (χ2n) is 2.79. The Kier molecular flexibility index (Phi) is 5.98. The standard InChI is InChI=1S/C7H12O4S2/c1-4(2)6(5(3)8)12-13-11-7(9)10/h4,6H,1-3H3,(H,9,10)/t6-/m0/s1. The van der Waals surface area contributed by atoms with Gasteiger partial charge in [0.05, 0.1) is 5.25 Å². The lowest BCUT2D eigenvalue weighted by Gasteiger charge is -2.14. The Morgan fingerprint density at radius 2 is 1.92 bits per heavy atom. The first-order valence-corrected chi connectivity index (χ1v) is 5.82. The topological polar surface area (TPSA) is 63.6 Å². The third-order valence-corrected chi connectivity index (χ3v) is 3.69. The van der Waals surface area contributed by atoms with Crippen molar-refractivity contribution in [3.8, 4) is 0 Å². The summed E-state index contributed by atoms with van der Waals surface area (Å²) in [5.41, 5.74) is 0. The smallest absolute Gasteiger partial charge is 0.449 e. The summed E-state index contributed by atoms with van der Waals surface area (Å²) in [6.07, 6.45) is -1.34. The van der Waals surface area contributed by atoms with E-state index in [1.165, 1.54) is 6.92 Å². The molecule has 0 spiro atoms. The molecule has 0 amide bonds. The van der Waals surface area contributed by atoms with Crippen LogP contribution in [0.3, 0.4) is 0 Å². The van der Waals surface area contributed by atoms with Crippen LogP contribution in [0.5, 0.6) is 0 Å². The van der Waals surface area contributed by atoms with Gasteiger partial charge in [-0.1, -0.05) is 13.8 Å². The van der Waals surface area contributed by atoms with E-state index in [0.29, 0.717) is 0 Å². The Hall–Kier alpha value is -0.360. The highest BCUT2D eigenvalue weighted by atomic mass is 33.1. The molecule has 0 aromatic carbocycles. The summed E-state index contributed by atoms with van der Waals surface area (Å²) in [6, 6.07) is 0. The third-order valence-electron chi connectivity index (χ3n) is 1.25. The van der Waals surface area contributed by atoms with Crippen molar-refractivity contribution in [2.75, 3.05) is 0 Å². The summed E-state index contributed by atoms with van der Waals surface area (Å²) in [5.74, 6) is 0.203. The Labute approximate surface area is 85.0 Å². The number of rotatable bonds is 5. The molecule has 0 rings (SSSR count). The van der Waals surface area contributed by atoms with E-state index < -0.39 is 6.16 Å². The van der Waals surface area contributed by atoms with Gasteiger partial charge < -0.3 is 9.29 Å². The average Bonchev–Trinajstić information content (AvgIpc) is 1.95. The number of carboxylic acid groups (broad SMARTS) is 1. The molecule has 0 radical (unpaired) electrons. The first-order valence-electron chi connectivity index (χ1n) is 3.68. The summed E-state index contributed by atoms with van der Waals surface area (Å²) < 4.78 is 4.22. The quantitative estimate of drug-likeness (QED) is 0.572. The molecule has 6 heteroatoms. The summed E-state index contributed by atoms with van der Waals surface area (Å²) in [7, 11) is 1.13. The first kappa shape index (κ1) is 12.6. The molecular formula is C7H12O4S2. The number of carbonyl (C=O) groups is 2. The van der Waals surface area contributed by atoms with Crippen molar-refractivity contribution in [2.45, 2.75) is 26.0 Å². The van der Waals surface area contributed by atoms with E-state index in [4.69, 9.17) is 5.11 Å². The largest absolute Gasteiger partial charge is 0.519 e. The van der Waals surface area contributed by atoms with E-state index in [1.807, 2.05) is 13.8 Å². The van der Waals surface area contributed by atoms with Crippen LogP contribution in [0.1, 0.15) is 20.8 Å². The van der Waals surface area contributed by atoms with Crippen molar-refractivity contribution < 1.29 is 18.9 Å². The van der Waals surface area contributed by atoms with Gasteiger partial charge in [-0.2, -0.15) is 0 Å². The predicted molar refractivity (Wildman–Crippen MR) is 53.6 cm³/mol. The number of Topliss-reactive ketones (excluding diaryl/α,β-unsaturated/α-hetero) is 1. The number of hydrogen-bond donors (Lipinski definition) is 1. The van der Waals surface area contributed by atoms with Gasteiger partial charge in [-0.15, -0.1) is 0 Å². The molecule has 1 atom stereocenters. The van der Waals surface area contributed by atoms with Crippen molar-refractivity contribution in [1.82, 2.24) is 0 Å². The van der Waals surface area contributed by atoms with E-state index in [9.17, 15) is 9.59 Å². The molecule has 0 fully saturated rings. The van der Waals surface area contributed by atoms with Crippen LogP contribution < -0.4 is 0 Å². The number of carbonyl (C=O) groups excluding carboxylic acids is 1. The van der Waals surface area contributed by atoms with Crippen LogP contribution in [-0.2, 0) is 8.98 Å². The Balaban J connectivity index is 3.84. The maximum Gasteiger partial charge on any atom is 0.519 e. The minimum atomic E-state index is -1.34. The molecule has 0 aromatic heterocycles. The van der Waals surface area contributed by atoms with Crippen LogP contribution in [0.25, 0.3) is 0 Å². The molecule has 76 valence electrons. The van der Waals surface area contributed by atoms with Gasteiger partial charge in [0.1, 0.15) is 16.9 Å². The zero-order valence-corrected chi connectivity index (χ0v) is 9.28. The van der Waals surface area contributed by atoms with Crippen molar-refractivity contribution in [1.29, 1.82) is 0 Å². The van der Waals surface area contributed by atoms with E-state index >= 15 is 0 Å². The van der Waals surface area contributed by atoms with Crippen LogP contribution in [0, 0.1) is 5.92 Å². The van der Waals surface area contributed by atoms with E-state index in [2.05, 4.69) is 4.18 Å². The lowest BCUT2D eigenvalue weighted by atomic mass is 10.1. The lowest BCUT2D eigenvalue weighted by Crippen LogP contribution is -2.19. The maximum atomic E-state index is 11.0. The normalized spacial score (nSPS) is 12.6. The van der Waals surface area contributed by atoms with Crippen LogP contribution >= 0.6 is 21.9 Å². The fourth-order valence-corrected chi connectivity index (χ4v) is 2.90. The molecule has 0 saturated heterocycles. The minimum Gasteiger partial charge on any atom is -0.449 e. The van der Waals surface area contributed by atoms with E-state index in [1.54, 1.807) is 0 Å². The number of hydrogen-bond acceptors (Lipinski definition) is 5. The first-order chi connectivity index (χ1) is 5.95. The monoisotopic (exact) mass is 224 g/mol. The molecule has 0 aliphatic rings. The number of ketones is 1. The predicted octanol–water partition coefficient (Wildman–Crippen LogP) is 2.59. The molecule has 0 bridgehead atoms. The summed E-state index contributed by atoms with van der Waals surface area (Å²) in [4.78, 5) is 21.0. The molecule has 0 aliphatic heterocycles. The van der Waals surface area contributed by atoms with E-state index in [-0.39, 0.29) is 17.0 Å². The molecule has 1 N–H and O–H groups in total. The second kappa shape index (κ2) is 6.15. The second-order valence-corrected chi connectivity index (χ2v) is 4.78. The van der Waals surface area contributed by atoms with Gasteiger partial charge in [0.25, 0.3) is 0 Å². The fraction of sp³-hybridized carbons (Fsp3) is 0.714. The van der Waals surface area contributed by atoms with Gasteiger partial charge in [0, 0.05) is 0 Å². The van der Waals surface area contributed by atoms with Gasteiger partial charge in [0.2, 0.25) is 0 Å². The zero-order valence-electron chi connectivity index (χ0n) is 7.64. The van der Waals surface area contributed by atoms with Gasteiger partial charge in [-0.05, 0) is 23.6 Å². The lowest BCUT2D eigenvalue weighted by molar-refractivity contribution is -0.117. The van der Waals surface area contributed by atoms with Crippen molar-refractivity contribution >= 4 is 33.8 Å². The fourth-order valence-electron chi connectivity index (χ4n) is 0.739. The summed E-state index contributed by atoms with van der Waals surface area (Å²) >= 11 is 0.722. The molecule has 13 heavy (non-hydrogen) atoms. The van der Waals surface area contributed by atoms with Gasteiger partial charge in [-0.3, -0.25) is 4.79 Å². The van der Waals surface area contributed by atoms with Crippen molar-refractivity contribution in [2.24, 2.45) is 5.92 Å². The van der Waals surface area contributed by atoms with Gasteiger partial charge in [-0.25, -0.2) is 4.79 Å². The third kappa shape index (κ3) is 5.81. The minimum absolute atomic E-state index is 0.0292. The summed E-state index contributed by atoms with van der Waals surface area (Å²) in [5, 5.41) is 7.94. The highest BCUT2D eigenvalue weighted by molar-refractivity contribution is 8.75. The van der Waals surface area contributed by atoms with Crippen LogP contribution in [0.15, 0.2) is 0 Å². The van der Waals surface area contributed by atoms with Gasteiger partial charge >= 0.3 is 6.16 Å².